The number of amides is 2. The van der Waals surface area contributed by atoms with Gasteiger partial charge in [-0.3, -0.25) is 9.59 Å². The van der Waals surface area contributed by atoms with Gasteiger partial charge in [-0.05, 0) is 74.9 Å². The fraction of sp³-hybridized carbons (Fsp3) is 0.630. The van der Waals surface area contributed by atoms with Crippen molar-refractivity contribution in [1.29, 1.82) is 0 Å². The average Bonchev–Trinajstić information content (AvgIpc) is 2.84. The van der Waals surface area contributed by atoms with E-state index in [1.54, 1.807) is 11.0 Å². The van der Waals surface area contributed by atoms with E-state index in [-0.39, 0.29) is 29.7 Å². The third kappa shape index (κ3) is 7.06. The Morgan fingerprint density at radius 2 is 1.89 bits per heavy atom. The third-order valence-corrected chi connectivity index (χ3v) is 8.78. The summed E-state index contributed by atoms with van der Waals surface area (Å²) in [6.45, 7) is 6.09. The van der Waals surface area contributed by atoms with E-state index < -0.39 is 11.7 Å². The SMILES string of the molecule is CC1CCCN(CCCNC(=O)CN2C(=O)/C(=C/c3ccc(C(F)(F)F)cc3)SC3CCCCC32)C1. The summed E-state index contributed by atoms with van der Waals surface area (Å²) in [5.74, 6) is 0.366. The predicted molar refractivity (Wildman–Crippen MR) is 137 cm³/mol. The molecule has 5 nitrogen and oxygen atoms in total. The molecule has 0 spiro atoms. The maximum atomic E-state index is 13.4. The number of piperidine rings is 1. The smallest absolute Gasteiger partial charge is 0.355 e. The summed E-state index contributed by atoms with van der Waals surface area (Å²) in [6.07, 6.45) is 4.59. The van der Waals surface area contributed by atoms with Gasteiger partial charge in [0.2, 0.25) is 5.91 Å². The molecule has 2 amide bonds. The van der Waals surface area contributed by atoms with Crippen LogP contribution in [0.15, 0.2) is 29.2 Å². The Kier molecular flexibility index (Phi) is 9.04. The van der Waals surface area contributed by atoms with Crippen LogP contribution < -0.4 is 5.32 Å². The summed E-state index contributed by atoms with van der Waals surface area (Å²) in [5.41, 5.74) is -0.169. The zero-order valence-corrected chi connectivity index (χ0v) is 21.7. The maximum Gasteiger partial charge on any atom is 0.416 e. The molecule has 2 saturated heterocycles. The van der Waals surface area contributed by atoms with Crippen LogP contribution in [0.25, 0.3) is 6.08 Å². The van der Waals surface area contributed by atoms with Gasteiger partial charge < -0.3 is 15.1 Å². The van der Waals surface area contributed by atoms with Gasteiger partial charge in [0.05, 0.1) is 10.5 Å². The molecule has 36 heavy (non-hydrogen) atoms. The van der Waals surface area contributed by atoms with E-state index in [0.29, 0.717) is 17.0 Å². The fourth-order valence-corrected chi connectivity index (χ4v) is 6.99. The molecule has 2 heterocycles. The molecule has 3 aliphatic rings. The van der Waals surface area contributed by atoms with Crippen LogP contribution in [-0.2, 0) is 15.8 Å². The van der Waals surface area contributed by atoms with E-state index in [0.717, 1.165) is 69.8 Å². The number of nitrogens with one attached hydrogen (secondary N) is 1. The van der Waals surface area contributed by atoms with Crippen LogP contribution in [0.5, 0.6) is 0 Å². The summed E-state index contributed by atoms with van der Waals surface area (Å²) in [4.78, 5) is 30.8. The number of benzene rings is 1. The van der Waals surface area contributed by atoms with Crippen molar-refractivity contribution in [3.8, 4) is 0 Å². The normalized spacial score (nSPS) is 26.7. The average molecular weight is 524 g/mol. The lowest BCUT2D eigenvalue weighted by molar-refractivity contribution is -0.137. The molecule has 1 aliphatic carbocycles. The Balaban J connectivity index is 1.36. The highest BCUT2D eigenvalue weighted by molar-refractivity contribution is 8.04. The number of carbonyl (C=O) groups is 2. The van der Waals surface area contributed by atoms with Gasteiger partial charge in [-0.2, -0.15) is 13.2 Å². The minimum Gasteiger partial charge on any atom is -0.355 e. The van der Waals surface area contributed by atoms with Crippen molar-refractivity contribution in [2.24, 2.45) is 5.92 Å². The number of rotatable bonds is 7. The Morgan fingerprint density at radius 3 is 2.61 bits per heavy atom. The number of halogens is 3. The summed E-state index contributed by atoms with van der Waals surface area (Å²) in [5, 5.41) is 3.19. The second-order valence-corrected chi connectivity index (χ2v) is 11.6. The minimum atomic E-state index is -4.40. The van der Waals surface area contributed by atoms with Gasteiger partial charge in [0.1, 0.15) is 6.54 Å². The van der Waals surface area contributed by atoms with Crippen LogP contribution in [0.2, 0.25) is 0 Å². The number of alkyl halides is 3. The molecular weight excluding hydrogens is 487 g/mol. The van der Waals surface area contributed by atoms with Gasteiger partial charge in [-0.25, -0.2) is 0 Å². The lowest BCUT2D eigenvalue weighted by Gasteiger charge is -2.43. The van der Waals surface area contributed by atoms with Gasteiger partial charge in [-0.1, -0.05) is 31.9 Å². The Hall–Kier alpha value is -2.00. The number of thioether (sulfide) groups is 1. The second-order valence-electron chi connectivity index (χ2n) is 10.3. The number of fused-ring (bicyclic) bond motifs is 1. The van der Waals surface area contributed by atoms with Crippen LogP contribution in [0.3, 0.4) is 0 Å². The highest BCUT2D eigenvalue weighted by Crippen LogP contribution is 2.42. The van der Waals surface area contributed by atoms with Crippen molar-refractivity contribution in [2.45, 2.75) is 69.3 Å². The summed E-state index contributed by atoms with van der Waals surface area (Å²) >= 11 is 1.51. The number of hydrogen-bond donors (Lipinski definition) is 1. The lowest BCUT2D eigenvalue weighted by Crippen LogP contribution is -2.54. The summed E-state index contributed by atoms with van der Waals surface area (Å²) in [6, 6.07) is 4.85. The van der Waals surface area contributed by atoms with Gasteiger partial charge in [0.15, 0.2) is 0 Å². The molecule has 0 radical (unpaired) electrons. The molecule has 2 aliphatic heterocycles. The largest absolute Gasteiger partial charge is 0.416 e. The van der Waals surface area contributed by atoms with E-state index >= 15 is 0 Å². The molecule has 3 atom stereocenters. The molecule has 1 saturated carbocycles. The summed E-state index contributed by atoms with van der Waals surface area (Å²) < 4.78 is 38.7. The van der Waals surface area contributed by atoms with E-state index in [4.69, 9.17) is 0 Å². The Morgan fingerprint density at radius 1 is 1.14 bits per heavy atom. The zero-order chi connectivity index (χ0) is 25.7. The predicted octanol–water partition coefficient (Wildman–Crippen LogP) is 5.17. The van der Waals surface area contributed by atoms with Crippen LogP contribution in [0.1, 0.15) is 63.0 Å². The minimum absolute atomic E-state index is 0.0154. The number of hydrogen-bond acceptors (Lipinski definition) is 4. The Labute approximate surface area is 215 Å². The van der Waals surface area contributed by atoms with E-state index in [2.05, 4.69) is 17.1 Å². The molecule has 3 fully saturated rings. The molecule has 0 aromatic heterocycles. The molecule has 1 aromatic carbocycles. The molecule has 1 N–H and O–H groups in total. The standard InChI is InChI=1S/C27H36F3N3O2S/c1-19-6-4-14-32(17-19)15-5-13-31-25(34)18-33-22-7-2-3-8-23(22)36-24(26(33)35)16-20-9-11-21(12-10-20)27(28,29)30/h9-12,16,19,22-23H,2-8,13-15,17-18H2,1H3,(H,31,34)/b24-16-. The molecule has 1 aromatic rings. The number of carbonyl (C=O) groups excluding carboxylic acids is 2. The van der Waals surface area contributed by atoms with Crippen LogP contribution >= 0.6 is 11.8 Å². The van der Waals surface area contributed by atoms with Gasteiger partial charge in [0, 0.05) is 24.4 Å². The topological polar surface area (TPSA) is 52.7 Å². The monoisotopic (exact) mass is 523 g/mol. The second kappa shape index (κ2) is 12.0. The van der Waals surface area contributed by atoms with Crippen molar-refractivity contribution in [2.75, 3.05) is 32.7 Å². The maximum absolute atomic E-state index is 13.4. The Bertz CT molecular complexity index is 951. The van der Waals surface area contributed by atoms with Crippen molar-refractivity contribution in [3.63, 3.8) is 0 Å². The van der Waals surface area contributed by atoms with Gasteiger partial charge >= 0.3 is 6.18 Å². The van der Waals surface area contributed by atoms with E-state index in [1.165, 1.54) is 36.7 Å². The molecule has 198 valence electrons. The van der Waals surface area contributed by atoms with Crippen molar-refractivity contribution in [1.82, 2.24) is 15.1 Å². The van der Waals surface area contributed by atoms with Gasteiger partial charge in [-0.15, -0.1) is 11.8 Å². The first-order chi connectivity index (χ1) is 17.2. The quantitative estimate of drug-likeness (QED) is 0.396. The molecule has 4 rings (SSSR count). The molecule has 3 unspecified atom stereocenters. The van der Waals surface area contributed by atoms with E-state index in [1.807, 2.05) is 0 Å². The van der Waals surface area contributed by atoms with Crippen molar-refractivity contribution < 1.29 is 22.8 Å². The summed E-state index contributed by atoms with van der Waals surface area (Å²) in [7, 11) is 0. The molecule has 9 heteroatoms. The number of likely N-dealkylation sites (tertiary alicyclic amines) is 1. The van der Waals surface area contributed by atoms with Gasteiger partial charge in [0.25, 0.3) is 5.91 Å². The fourth-order valence-electron chi connectivity index (χ4n) is 5.51. The zero-order valence-electron chi connectivity index (χ0n) is 20.9. The number of nitrogens with zero attached hydrogens (tertiary/aromatic N) is 2. The molecule has 0 bridgehead atoms. The van der Waals surface area contributed by atoms with Crippen molar-refractivity contribution in [3.05, 3.63) is 40.3 Å². The van der Waals surface area contributed by atoms with Crippen LogP contribution in [-0.4, -0.2) is 65.6 Å². The highest BCUT2D eigenvalue weighted by atomic mass is 32.2. The van der Waals surface area contributed by atoms with Crippen molar-refractivity contribution >= 4 is 29.7 Å². The van der Waals surface area contributed by atoms with Crippen LogP contribution in [0.4, 0.5) is 13.2 Å². The first kappa shape index (κ1) is 27.0. The lowest BCUT2D eigenvalue weighted by atomic mass is 9.93. The third-order valence-electron chi connectivity index (χ3n) is 7.38. The highest BCUT2D eigenvalue weighted by Gasteiger charge is 2.41. The molecular formula is C27H36F3N3O2S. The first-order valence-corrected chi connectivity index (χ1v) is 13.9. The van der Waals surface area contributed by atoms with Crippen LogP contribution in [0, 0.1) is 5.92 Å². The first-order valence-electron chi connectivity index (χ1n) is 13.1. The van der Waals surface area contributed by atoms with E-state index in [9.17, 15) is 22.8 Å².